The lowest BCUT2D eigenvalue weighted by Crippen LogP contribution is -2.07. The minimum atomic E-state index is -0.624. The number of aromatic nitrogens is 1. The Bertz CT molecular complexity index is 747. The van der Waals surface area contributed by atoms with E-state index in [-0.39, 0.29) is 11.3 Å². The number of pyridine rings is 1. The molecular weight excluding hydrogens is 314 g/mol. The highest BCUT2D eigenvalue weighted by Crippen LogP contribution is 2.40. The van der Waals surface area contributed by atoms with Gasteiger partial charge in [-0.1, -0.05) is 0 Å². The molecule has 0 radical (unpaired) electrons. The quantitative estimate of drug-likeness (QED) is 0.593. The molecule has 0 aliphatic heterocycles. The van der Waals surface area contributed by atoms with E-state index in [1.165, 1.54) is 34.5 Å². The van der Waals surface area contributed by atoms with Crippen molar-refractivity contribution in [1.82, 2.24) is 4.98 Å². The molecule has 0 unspecified atom stereocenters. The number of carbonyl (C=O) groups is 2. The van der Waals surface area contributed by atoms with Crippen LogP contribution in [0.5, 0.6) is 17.2 Å². The van der Waals surface area contributed by atoms with E-state index < -0.39 is 5.97 Å². The van der Waals surface area contributed by atoms with Gasteiger partial charge in [-0.05, 0) is 24.3 Å². The SMILES string of the molecule is COC(=O)c1ccc(-c2cc(OC)c(OC)c(OC)c2)nc1C=O. The molecule has 2 aromatic rings. The number of hydrogen-bond acceptors (Lipinski definition) is 7. The Hall–Kier alpha value is -3.09. The lowest BCUT2D eigenvalue weighted by molar-refractivity contribution is 0.0597. The van der Waals surface area contributed by atoms with Crippen LogP contribution in [-0.4, -0.2) is 45.7 Å². The first-order valence-corrected chi connectivity index (χ1v) is 6.94. The summed E-state index contributed by atoms with van der Waals surface area (Å²) in [5.41, 5.74) is 1.21. The second-order valence-corrected chi connectivity index (χ2v) is 4.65. The van der Waals surface area contributed by atoms with Gasteiger partial charge in [0, 0.05) is 5.56 Å². The van der Waals surface area contributed by atoms with Gasteiger partial charge in [0.25, 0.3) is 0 Å². The van der Waals surface area contributed by atoms with E-state index in [9.17, 15) is 9.59 Å². The summed E-state index contributed by atoms with van der Waals surface area (Å²) >= 11 is 0. The molecule has 1 heterocycles. The monoisotopic (exact) mass is 331 g/mol. The molecule has 0 aliphatic carbocycles. The molecule has 0 saturated carbocycles. The van der Waals surface area contributed by atoms with Gasteiger partial charge in [-0.3, -0.25) is 4.79 Å². The van der Waals surface area contributed by atoms with Crippen molar-refractivity contribution < 1.29 is 28.5 Å². The van der Waals surface area contributed by atoms with Crippen LogP contribution in [0.15, 0.2) is 24.3 Å². The van der Waals surface area contributed by atoms with Gasteiger partial charge in [0.1, 0.15) is 5.69 Å². The Labute approximate surface area is 139 Å². The molecule has 0 spiro atoms. The molecule has 126 valence electrons. The molecule has 0 N–H and O–H groups in total. The summed E-state index contributed by atoms with van der Waals surface area (Å²) in [5, 5.41) is 0. The van der Waals surface area contributed by atoms with Crippen LogP contribution in [0.3, 0.4) is 0 Å². The van der Waals surface area contributed by atoms with Gasteiger partial charge in [-0.2, -0.15) is 0 Å². The number of esters is 1. The molecule has 0 atom stereocenters. The maximum absolute atomic E-state index is 11.6. The van der Waals surface area contributed by atoms with Gasteiger partial charge < -0.3 is 18.9 Å². The zero-order valence-electron chi connectivity index (χ0n) is 13.8. The summed E-state index contributed by atoms with van der Waals surface area (Å²) in [6.07, 6.45) is 0.508. The predicted octanol–water partition coefficient (Wildman–Crippen LogP) is 2.37. The van der Waals surface area contributed by atoms with Crippen molar-refractivity contribution in [3.8, 4) is 28.5 Å². The molecule has 0 amide bonds. The van der Waals surface area contributed by atoms with Crippen molar-refractivity contribution in [2.45, 2.75) is 0 Å². The number of benzene rings is 1. The van der Waals surface area contributed by atoms with Crippen LogP contribution in [0.25, 0.3) is 11.3 Å². The largest absolute Gasteiger partial charge is 0.493 e. The zero-order valence-corrected chi connectivity index (χ0v) is 13.8. The van der Waals surface area contributed by atoms with Gasteiger partial charge in [0.15, 0.2) is 17.8 Å². The summed E-state index contributed by atoms with van der Waals surface area (Å²) in [6, 6.07) is 6.51. The molecule has 2 rings (SSSR count). The van der Waals surface area contributed by atoms with Crippen LogP contribution in [0.1, 0.15) is 20.8 Å². The number of carbonyl (C=O) groups excluding carboxylic acids is 2. The van der Waals surface area contributed by atoms with Crippen LogP contribution < -0.4 is 14.2 Å². The molecule has 7 nitrogen and oxygen atoms in total. The number of methoxy groups -OCH3 is 4. The Morgan fingerprint density at radius 1 is 1.00 bits per heavy atom. The highest BCUT2D eigenvalue weighted by Gasteiger charge is 2.17. The number of rotatable bonds is 6. The van der Waals surface area contributed by atoms with E-state index in [1.54, 1.807) is 18.2 Å². The third-order valence-electron chi connectivity index (χ3n) is 3.40. The fourth-order valence-corrected chi connectivity index (χ4v) is 2.24. The van der Waals surface area contributed by atoms with Gasteiger partial charge in [0.2, 0.25) is 5.75 Å². The van der Waals surface area contributed by atoms with Gasteiger partial charge in [0.05, 0.1) is 39.7 Å². The standard InChI is InChI=1S/C17H17NO6/c1-21-14-7-10(8-15(22-2)16(14)23-3)12-6-5-11(17(20)24-4)13(9-19)18-12/h5-9H,1-4H3. The average molecular weight is 331 g/mol. The molecule has 24 heavy (non-hydrogen) atoms. The predicted molar refractivity (Wildman–Crippen MR) is 86.1 cm³/mol. The molecule has 1 aromatic carbocycles. The topological polar surface area (TPSA) is 84.0 Å². The van der Waals surface area contributed by atoms with Crippen LogP contribution >= 0.6 is 0 Å². The molecular formula is C17H17NO6. The fraction of sp³-hybridized carbons (Fsp3) is 0.235. The number of ether oxygens (including phenoxy) is 4. The first kappa shape index (κ1) is 17.3. The Balaban J connectivity index is 2.60. The van der Waals surface area contributed by atoms with Crippen LogP contribution in [-0.2, 0) is 4.74 Å². The van der Waals surface area contributed by atoms with Crippen LogP contribution in [0.2, 0.25) is 0 Å². The Morgan fingerprint density at radius 2 is 1.62 bits per heavy atom. The van der Waals surface area contributed by atoms with Gasteiger partial charge in [-0.25, -0.2) is 9.78 Å². The number of aldehydes is 1. The highest BCUT2D eigenvalue weighted by atomic mass is 16.5. The maximum Gasteiger partial charge on any atom is 0.340 e. The average Bonchev–Trinajstić information content (AvgIpc) is 2.65. The van der Waals surface area contributed by atoms with E-state index in [0.717, 1.165) is 0 Å². The molecule has 7 heteroatoms. The lowest BCUT2D eigenvalue weighted by Gasteiger charge is -2.14. The molecule has 0 fully saturated rings. The molecule has 1 aromatic heterocycles. The Kier molecular flexibility index (Phi) is 5.36. The molecule has 0 saturated heterocycles. The van der Waals surface area contributed by atoms with Crippen molar-refractivity contribution >= 4 is 12.3 Å². The van der Waals surface area contributed by atoms with E-state index in [0.29, 0.717) is 34.8 Å². The van der Waals surface area contributed by atoms with Crippen molar-refractivity contribution in [3.05, 3.63) is 35.5 Å². The third kappa shape index (κ3) is 3.15. The van der Waals surface area contributed by atoms with Crippen molar-refractivity contribution in [2.75, 3.05) is 28.4 Å². The van der Waals surface area contributed by atoms with E-state index in [1.807, 2.05) is 0 Å². The van der Waals surface area contributed by atoms with E-state index >= 15 is 0 Å². The number of nitrogens with zero attached hydrogens (tertiary/aromatic N) is 1. The second kappa shape index (κ2) is 7.45. The first-order valence-electron chi connectivity index (χ1n) is 6.94. The second-order valence-electron chi connectivity index (χ2n) is 4.65. The van der Waals surface area contributed by atoms with Crippen molar-refractivity contribution in [3.63, 3.8) is 0 Å². The van der Waals surface area contributed by atoms with E-state index in [2.05, 4.69) is 9.72 Å². The maximum atomic E-state index is 11.6. The minimum absolute atomic E-state index is 0.00639. The minimum Gasteiger partial charge on any atom is -0.493 e. The Morgan fingerprint density at radius 3 is 2.08 bits per heavy atom. The molecule has 0 aliphatic rings. The van der Waals surface area contributed by atoms with Crippen LogP contribution in [0.4, 0.5) is 0 Å². The summed E-state index contributed by atoms with van der Waals surface area (Å²) < 4.78 is 20.5. The lowest BCUT2D eigenvalue weighted by atomic mass is 10.1. The normalized spacial score (nSPS) is 10.0. The van der Waals surface area contributed by atoms with Gasteiger partial charge in [-0.15, -0.1) is 0 Å². The zero-order chi connectivity index (χ0) is 17.7. The van der Waals surface area contributed by atoms with Gasteiger partial charge >= 0.3 is 5.97 Å². The fourth-order valence-electron chi connectivity index (χ4n) is 2.24. The summed E-state index contributed by atoms with van der Waals surface area (Å²) in [5.74, 6) is 0.739. The van der Waals surface area contributed by atoms with Crippen molar-refractivity contribution in [2.24, 2.45) is 0 Å². The summed E-state index contributed by atoms with van der Waals surface area (Å²) in [6.45, 7) is 0. The summed E-state index contributed by atoms with van der Waals surface area (Å²) in [7, 11) is 5.76. The van der Waals surface area contributed by atoms with E-state index in [4.69, 9.17) is 14.2 Å². The smallest absolute Gasteiger partial charge is 0.340 e. The van der Waals surface area contributed by atoms with Crippen LogP contribution in [0, 0.1) is 0 Å². The summed E-state index contributed by atoms with van der Waals surface area (Å²) in [4.78, 5) is 27.1. The third-order valence-corrected chi connectivity index (χ3v) is 3.40. The van der Waals surface area contributed by atoms with Crippen molar-refractivity contribution in [1.29, 1.82) is 0 Å². The first-order chi connectivity index (χ1) is 11.6. The highest BCUT2D eigenvalue weighted by molar-refractivity contribution is 5.97. The molecule has 0 bridgehead atoms. The number of hydrogen-bond donors (Lipinski definition) is 0.